The molecule has 1 aliphatic heterocycles. The molecular formula is C19H16BrN3O. The van der Waals surface area contributed by atoms with E-state index in [0.717, 1.165) is 52.3 Å². The summed E-state index contributed by atoms with van der Waals surface area (Å²) in [4.78, 5) is 22.9. The molecule has 1 aliphatic rings. The van der Waals surface area contributed by atoms with Crippen LogP contribution in [0.5, 0.6) is 0 Å². The van der Waals surface area contributed by atoms with Crippen LogP contribution in [-0.2, 0) is 4.79 Å². The van der Waals surface area contributed by atoms with Crippen molar-refractivity contribution >= 4 is 39.1 Å². The lowest BCUT2D eigenvalue weighted by molar-refractivity contribution is -0.108. The monoisotopic (exact) mass is 381 g/mol. The van der Waals surface area contributed by atoms with Crippen molar-refractivity contribution in [3.8, 4) is 11.3 Å². The molecule has 1 unspecified atom stereocenters. The predicted molar refractivity (Wildman–Crippen MR) is 99.1 cm³/mol. The molecule has 0 aliphatic carbocycles. The Kier molecular flexibility index (Phi) is 4.02. The topological polar surface area (TPSA) is 46.1 Å². The normalized spacial score (nSPS) is 17.4. The van der Waals surface area contributed by atoms with Gasteiger partial charge in [0.2, 0.25) is 5.95 Å². The molecule has 0 bridgehead atoms. The quantitative estimate of drug-likeness (QED) is 0.636. The average molecular weight is 382 g/mol. The standard InChI is InChI=1S/C19H16BrN3O/c20-14-8-9-17-16(11-14)18(13-5-2-1-3-6-13)22-19(21-17)23-10-4-7-15(23)12-24/h1-3,5-6,8-9,11-12,15H,4,7,10H2. The lowest BCUT2D eigenvalue weighted by Crippen LogP contribution is -2.31. The van der Waals surface area contributed by atoms with Crippen LogP contribution in [0.2, 0.25) is 0 Å². The van der Waals surface area contributed by atoms with Gasteiger partial charge in [-0.1, -0.05) is 46.3 Å². The number of benzene rings is 2. The fourth-order valence-electron chi connectivity index (χ4n) is 3.22. The largest absolute Gasteiger partial charge is 0.331 e. The number of nitrogens with zero attached hydrogens (tertiary/aromatic N) is 3. The number of fused-ring (bicyclic) bond motifs is 1. The van der Waals surface area contributed by atoms with Gasteiger partial charge in [0.25, 0.3) is 0 Å². The number of hydrogen-bond acceptors (Lipinski definition) is 4. The van der Waals surface area contributed by atoms with Gasteiger partial charge in [-0.05, 0) is 31.0 Å². The van der Waals surface area contributed by atoms with E-state index in [1.165, 1.54) is 0 Å². The first-order valence-corrected chi connectivity index (χ1v) is 8.80. The van der Waals surface area contributed by atoms with Crippen molar-refractivity contribution in [3.05, 3.63) is 53.0 Å². The van der Waals surface area contributed by atoms with Gasteiger partial charge in [-0.3, -0.25) is 0 Å². The minimum atomic E-state index is -0.124. The number of hydrogen-bond donors (Lipinski definition) is 0. The van der Waals surface area contributed by atoms with Gasteiger partial charge >= 0.3 is 0 Å². The molecule has 0 amide bonds. The van der Waals surface area contributed by atoms with E-state index in [4.69, 9.17) is 9.97 Å². The molecule has 1 aromatic heterocycles. The Morgan fingerprint density at radius 2 is 1.96 bits per heavy atom. The molecule has 4 rings (SSSR count). The van der Waals surface area contributed by atoms with Gasteiger partial charge in [0, 0.05) is 22.0 Å². The van der Waals surface area contributed by atoms with Crippen molar-refractivity contribution in [1.29, 1.82) is 0 Å². The van der Waals surface area contributed by atoms with Gasteiger partial charge in [-0.15, -0.1) is 0 Å². The molecule has 1 fully saturated rings. The molecule has 24 heavy (non-hydrogen) atoms. The van der Waals surface area contributed by atoms with Gasteiger partial charge in [-0.25, -0.2) is 9.97 Å². The lowest BCUT2D eigenvalue weighted by Gasteiger charge is -2.21. The highest BCUT2D eigenvalue weighted by Crippen LogP contribution is 2.32. The van der Waals surface area contributed by atoms with E-state index < -0.39 is 0 Å². The summed E-state index contributed by atoms with van der Waals surface area (Å²) < 4.78 is 0.996. The summed E-state index contributed by atoms with van der Waals surface area (Å²) in [7, 11) is 0. The first-order chi connectivity index (χ1) is 11.8. The second kappa shape index (κ2) is 6.32. The van der Waals surface area contributed by atoms with Crippen LogP contribution in [-0.4, -0.2) is 28.8 Å². The number of aldehydes is 1. The van der Waals surface area contributed by atoms with Crippen molar-refractivity contribution in [3.63, 3.8) is 0 Å². The molecule has 1 saturated heterocycles. The lowest BCUT2D eigenvalue weighted by atomic mass is 10.1. The third-order valence-corrected chi connectivity index (χ3v) is 4.90. The highest BCUT2D eigenvalue weighted by atomic mass is 79.9. The zero-order valence-electron chi connectivity index (χ0n) is 13.0. The fraction of sp³-hybridized carbons (Fsp3) is 0.211. The van der Waals surface area contributed by atoms with Crippen molar-refractivity contribution in [2.45, 2.75) is 18.9 Å². The Hall–Kier alpha value is -2.27. The number of halogens is 1. The molecule has 0 radical (unpaired) electrons. The van der Waals surface area contributed by atoms with Crippen molar-refractivity contribution in [2.75, 3.05) is 11.4 Å². The maximum absolute atomic E-state index is 11.4. The Balaban J connectivity index is 1.94. The molecule has 0 spiro atoms. The summed E-state index contributed by atoms with van der Waals surface area (Å²) in [5, 5.41) is 1.00. The number of aromatic nitrogens is 2. The SMILES string of the molecule is O=CC1CCCN1c1nc(-c2ccccc2)c2cc(Br)ccc2n1. The minimum Gasteiger partial charge on any atom is -0.331 e. The number of carbonyl (C=O) groups excluding carboxylic acids is 1. The van der Waals surface area contributed by atoms with Crippen LogP contribution in [0.15, 0.2) is 53.0 Å². The van der Waals surface area contributed by atoms with E-state index >= 15 is 0 Å². The number of rotatable bonds is 3. The number of anilines is 1. The van der Waals surface area contributed by atoms with Gasteiger partial charge in [0.1, 0.15) is 6.29 Å². The van der Waals surface area contributed by atoms with Crippen molar-refractivity contribution < 1.29 is 4.79 Å². The first-order valence-electron chi connectivity index (χ1n) is 8.01. The third-order valence-electron chi connectivity index (χ3n) is 4.41. The second-order valence-electron chi connectivity index (χ2n) is 5.94. The Bertz CT molecular complexity index is 898. The van der Waals surface area contributed by atoms with Crippen molar-refractivity contribution in [2.24, 2.45) is 0 Å². The summed E-state index contributed by atoms with van der Waals surface area (Å²) in [5.41, 5.74) is 2.83. The molecule has 2 heterocycles. The van der Waals surface area contributed by atoms with Gasteiger partial charge < -0.3 is 9.69 Å². The summed E-state index contributed by atoms with van der Waals surface area (Å²) in [6.07, 6.45) is 2.86. The molecular weight excluding hydrogens is 366 g/mol. The second-order valence-corrected chi connectivity index (χ2v) is 6.85. The van der Waals surface area contributed by atoms with Crippen LogP contribution >= 0.6 is 15.9 Å². The average Bonchev–Trinajstić information content (AvgIpc) is 3.10. The molecule has 0 N–H and O–H groups in total. The zero-order valence-corrected chi connectivity index (χ0v) is 14.6. The first kappa shape index (κ1) is 15.3. The Labute approximate surface area is 148 Å². The maximum atomic E-state index is 11.4. The van der Waals surface area contributed by atoms with E-state index in [1.54, 1.807) is 0 Å². The molecule has 2 aromatic carbocycles. The van der Waals surface area contributed by atoms with Crippen LogP contribution in [0, 0.1) is 0 Å². The molecule has 3 aromatic rings. The summed E-state index contributed by atoms with van der Waals surface area (Å²) in [5.74, 6) is 0.637. The Morgan fingerprint density at radius 1 is 1.12 bits per heavy atom. The fourth-order valence-corrected chi connectivity index (χ4v) is 3.58. The van der Waals surface area contributed by atoms with Crippen LogP contribution in [0.3, 0.4) is 0 Å². The Morgan fingerprint density at radius 3 is 2.75 bits per heavy atom. The summed E-state index contributed by atoms with van der Waals surface area (Å²) in [6.45, 7) is 0.819. The molecule has 0 saturated carbocycles. The van der Waals surface area contributed by atoms with E-state index in [2.05, 4.69) is 15.9 Å². The van der Waals surface area contributed by atoms with Crippen LogP contribution in [0.4, 0.5) is 5.95 Å². The van der Waals surface area contributed by atoms with Gasteiger partial charge in [0.05, 0.1) is 17.3 Å². The van der Waals surface area contributed by atoms with E-state index in [-0.39, 0.29) is 6.04 Å². The van der Waals surface area contributed by atoms with Gasteiger partial charge in [0.15, 0.2) is 0 Å². The molecule has 5 heteroatoms. The highest BCUT2D eigenvalue weighted by molar-refractivity contribution is 9.10. The van der Waals surface area contributed by atoms with Crippen LogP contribution in [0.25, 0.3) is 22.2 Å². The van der Waals surface area contributed by atoms with E-state index in [1.807, 2.05) is 53.4 Å². The highest BCUT2D eigenvalue weighted by Gasteiger charge is 2.27. The zero-order chi connectivity index (χ0) is 16.5. The van der Waals surface area contributed by atoms with Crippen LogP contribution < -0.4 is 4.90 Å². The van der Waals surface area contributed by atoms with E-state index in [9.17, 15) is 4.79 Å². The van der Waals surface area contributed by atoms with Gasteiger partial charge in [-0.2, -0.15) is 0 Å². The molecule has 1 atom stereocenters. The number of carbonyl (C=O) groups is 1. The molecule has 120 valence electrons. The predicted octanol–water partition coefficient (Wildman–Crippen LogP) is 4.23. The summed E-state index contributed by atoms with van der Waals surface area (Å²) in [6, 6.07) is 16.0. The van der Waals surface area contributed by atoms with E-state index in [0.29, 0.717) is 5.95 Å². The smallest absolute Gasteiger partial charge is 0.227 e. The third kappa shape index (κ3) is 2.69. The van der Waals surface area contributed by atoms with Crippen molar-refractivity contribution in [1.82, 2.24) is 9.97 Å². The minimum absolute atomic E-state index is 0.124. The summed E-state index contributed by atoms with van der Waals surface area (Å²) >= 11 is 3.53. The maximum Gasteiger partial charge on any atom is 0.227 e. The van der Waals surface area contributed by atoms with Crippen LogP contribution in [0.1, 0.15) is 12.8 Å². The molecule has 4 nitrogen and oxygen atoms in total.